The van der Waals surface area contributed by atoms with Crippen LogP contribution in [-0.4, -0.2) is 18.9 Å². The highest BCUT2D eigenvalue weighted by Crippen LogP contribution is 2.35. The summed E-state index contributed by atoms with van der Waals surface area (Å²) in [5.74, 6) is 1.91. The third kappa shape index (κ3) is 3.64. The van der Waals surface area contributed by atoms with Crippen LogP contribution >= 0.6 is 0 Å². The van der Waals surface area contributed by atoms with Crippen LogP contribution in [0.4, 0.5) is 4.79 Å². The van der Waals surface area contributed by atoms with Crippen LogP contribution in [0.1, 0.15) is 46.6 Å². The fraction of sp³-hybridized carbons (Fsp3) is 0.588. The first kappa shape index (κ1) is 16.5. The summed E-state index contributed by atoms with van der Waals surface area (Å²) in [7, 11) is 0. The molecule has 1 aliphatic heterocycles. The molecule has 0 saturated heterocycles. The molecule has 1 aromatic rings. The Morgan fingerprint density at radius 1 is 1.27 bits per heavy atom. The summed E-state index contributed by atoms with van der Waals surface area (Å²) in [4.78, 5) is 12.2. The molecule has 0 fully saturated rings. The van der Waals surface area contributed by atoms with Crippen molar-refractivity contribution in [3.05, 3.63) is 23.8 Å². The van der Waals surface area contributed by atoms with Crippen LogP contribution in [0, 0.1) is 5.92 Å². The van der Waals surface area contributed by atoms with Gasteiger partial charge < -0.3 is 20.1 Å². The van der Waals surface area contributed by atoms with Crippen LogP contribution in [0.15, 0.2) is 18.2 Å². The van der Waals surface area contributed by atoms with Crippen molar-refractivity contribution in [2.75, 3.05) is 6.79 Å². The number of fused-ring (bicyclic) bond motifs is 1. The van der Waals surface area contributed by atoms with Gasteiger partial charge in [-0.15, -0.1) is 0 Å². The summed E-state index contributed by atoms with van der Waals surface area (Å²) in [6, 6.07) is 5.72. The summed E-state index contributed by atoms with van der Waals surface area (Å²) in [5.41, 5.74) is 0.475. The topological polar surface area (TPSA) is 59.6 Å². The summed E-state index contributed by atoms with van der Waals surface area (Å²) < 4.78 is 10.7. The molecule has 1 heterocycles. The first-order chi connectivity index (χ1) is 10.3. The largest absolute Gasteiger partial charge is 0.454 e. The normalized spacial score (nSPS) is 16.0. The maximum atomic E-state index is 12.2. The van der Waals surface area contributed by atoms with Crippen LogP contribution in [0.5, 0.6) is 11.5 Å². The lowest BCUT2D eigenvalue weighted by Crippen LogP contribution is -2.50. The van der Waals surface area contributed by atoms with E-state index in [4.69, 9.17) is 9.47 Å². The lowest BCUT2D eigenvalue weighted by molar-refractivity contribution is 0.174. The van der Waals surface area contributed by atoms with Gasteiger partial charge in [0.2, 0.25) is 6.79 Å². The molecule has 0 spiro atoms. The minimum atomic E-state index is -0.500. The molecular weight excluding hydrogens is 280 g/mol. The molecule has 2 rings (SSSR count). The number of carbonyl (C=O) groups excluding carboxylic acids is 1. The molecule has 2 atom stereocenters. The lowest BCUT2D eigenvalue weighted by atomic mass is 9.94. The SMILES string of the molecule is CCC(C)C(C)NC(=O)NC(C)(C)c1ccc2c(c1)OCO2. The molecule has 5 nitrogen and oxygen atoms in total. The van der Waals surface area contributed by atoms with Crippen molar-refractivity contribution in [1.82, 2.24) is 10.6 Å². The molecule has 0 aliphatic carbocycles. The molecular formula is C17H26N2O3. The van der Waals surface area contributed by atoms with Crippen molar-refractivity contribution in [2.45, 2.75) is 52.6 Å². The molecule has 2 unspecified atom stereocenters. The molecule has 0 aromatic heterocycles. The van der Waals surface area contributed by atoms with E-state index in [9.17, 15) is 4.79 Å². The van der Waals surface area contributed by atoms with Gasteiger partial charge in [0.15, 0.2) is 11.5 Å². The van der Waals surface area contributed by atoms with Gasteiger partial charge in [0.05, 0.1) is 5.54 Å². The minimum Gasteiger partial charge on any atom is -0.454 e. The number of urea groups is 1. The smallest absolute Gasteiger partial charge is 0.315 e. The van der Waals surface area contributed by atoms with E-state index in [2.05, 4.69) is 24.5 Å². The number of amides is 2. The maximum Gasteiger partial charge on any atom is 0.315 e. The van der Waals surface area contributed by atoms with Gasteiger partial charge in [-0.25, -0.2) is 4.79 Å². The second kappa shape index (κ2) is 6.46. The third-order valence-corrected chi connectivity index (χ3v) is 4.38. The van der Waals surface area contributed by atoms with Gasteiger partial charge in [-0.1, -0.05) is 26.3 Å². The minimum absolute atomic E-state index is 0.137. The number of benzene rings is 1. The van der Waals surface area contributed by atoms with Crippen LogP contribution < -0.4 is 20.1 Å². The van der Waals surface area contributed by atoms with Crippen LogP contribution in [0.2, 0.25) is 0 Å². The van der Waals surface area contributed by atoms with Gasteiger partial charge in [0, 0.05) is 6.04 Å². The molecule has 0 saturated carbocycles. The first-order valence-electron chi connectivity index (χ1n) is 7.82. The van der Waals surface area contributed by atoms with Crippen molar-refractivity contribution < 1.29 is 14.3 Å². The fourth-order valence-electron chi connectivity index (χ4n) is 2.38. The molecule has 22 heavy (non-hydrogen) atoms. The maximum absolute atomic E-state index is 12.2. The quantitative estimate of drug-likeness (QED) is 0.876. The average molecular weight is 306 g/mol. The van der Waals surface area contributed by atoms with Gasteiger partial charge in [-0.05, 0) is 44.4 Å². The molecule has 2 N–H and O–H groups in total. The van der Waals surface area contributed by atoms with E-state index in [1.54, 1.807) is 0 Å². The summed E-state index contributed by atoms with van der Waals surface area (Å²) >= 11 is 0. The first-order valence-corrected chi connectivity index (χ1v) is 7.82. The van der Waals surface area contributed by atoms with Crippen molar-refractivity contribution in [2.24, 2.45) is 5.92 Å². The van der Waals surface area contributed by atoms with Crippen molar-refractivity contribution in [3.8, 4) is 11.5 Å². The Balaban J connectivity index is 2.02. The highest BCUT2D eigenvalue weighted by molar-refractivity contribution is 5.75. The van der Waals surface area contributed by atoms with Crippen molar-refractivity contribution in [3.63, 3.8) is 0 Å². The molecule has 2 amide bonds. The van der Waals surface area contributed by atoms with E-state index in [0.717, 1.165) is 23.5 Å². The number of nitrogens with one attached hydrogen (secondary N) is 2. The Bertz CT molecular complexity index is 543. The van der Waals surface area contributed by atoms with Crippen molar-refractivity contribution in [1.29, 1.82) is 0 Å². The Morgan fingerprint density at radius 2 is 1.95 bits per heavy atom. The number of hydrogen-bond acceptors (Lipinski definition) is 3. The second-order valence-corrected chi connectivity index (χ2v) is 6.47. The van der Waals surface area contributed by atoms with Gasteiger partial charge in [-0.2, -0.15) is 0 Å². The molecule has 1 aliphatic rings. The highest BCUT2D eigenvalue weighted by Gasteiger charge is 2.26. The zero-order valence-corrected chi connectivity index (χ0v) is 14.0. The molecule has 5 heteroatoms. The Hall–Kier alpha value is -1.91. The Kier molecular flexibility index (Phi) is 4.84. The van der Waals surface area contributed by atoms with Gasteiger partial charge in [-0.3, -0.25) is 0 Å². The zero-order valence-electron chi connectivity index (χ0n) is 14.0. The van der Waals surface area contributed by atoms with Gasteiger partial charge >= 0.3 is 6.03 Å². The second-order valence-electron chi connectivity index (χ2n) is 6.47. The molecule has 122 valence electrons. The monoisotopic (exact) mass is 306 g/mol. The van der Waals surface area contributed by atoms with E-state index >= 15 is 0 Å². The third-order valence-electron chi connectivity index (χ3n) is 4.38. The van der Waals surface area contributed by atoms with Gasteiger partial charge in [0.25, 0.3) is 0 Å². The summed E-state index contributed by atoms with van der Waals surface area (Å²) in [6.45, 7) is 10.5. The predicted molar refractivity (Wildman–Crippen MR) is 86.2 cm³/mol. The Morgan fingerprint density at radius 3 is 2.64 bits per heavy atom. The lowest BCUT2D eigenvalue weighted by Gasteiger charge is -2.29. The van der Waals surface area contributed by atoms with E-state index in [-0.39, 0.29) is 18.9 Å². The fourth-order valence-corrected chi connectivity index (χ4v) is 2.38. The standard InChI is InChI=1S/C17H26N2O3/c1-6-11(2)12(3)18-16(20)19-17(4,5)13-7-8-14-15(9-13)22-10-21-14/h7-9,11-12H,6,10H2,1-5H3,(H2,18,19,20). The van der Waals surface area contributed by atoms with Crippen LogP contribution in [0.25, 0.3) is 0 Å². The highest BCUT2D eigenvalue weighted by atomic mass is 16.7. The van der Waals surface area contributed by atoms with Crippen LogP contribution in [-0.2, 0) is 5.54 Å². The average Bonchev–Trinajstić information content (AvgIpc) is 2.92. The predicted octanol–water partition coefficient (Wildman–Crippen LogP) is 3.38. The Labute approximate surface area is 132 Å². The van der Waals surface area contributed by atoms with E-state index in [1.165, 1.54) is 0 Å². The number of hydrogen-bond donors (Lipinski definition) is 2. The molecule has 1 aromatic carbocycles. The summed E-state index contributed by atoms with van der Waals surface area (Å²) in [5, 5.41) is 6.03. The van der Waals surface area contributed by atoms with E-state index in [1.807, 2.05) is 39.0 Å². The van der Waals surface area contributed by atoms with Gasteiger partial charge in [0.1, 0.15) is 0 Å². The van der Waals surface area contributed by atoms with E-state index in [0.29, 0.717) is 5.92 Å². The zero-order chi connectivity index (χ0) is 16.3. The van der Waals surface area contributed by atoms with Crippen LogP contribution in [0.3, 0.4) is 0 Å². The number of rotatable bonds is 5. The number of ether oxygens (including phenoxy) is 2. The summed E-state index contributed by atoms with van der Waals surface area (Å²) in [6.07, 6.45) is 1.03. The molecule has 0 radical (unpaired) electrons. The van der Waals surface area contributed by atoms with Crippen molar-refractivity contribution >= 4 is 6.03 Å². The van der Waals surface area contributed by atoms with E-state index < -0.39 is 5.54 Å². The molecule has 0 bridgehead atoms. The number of carbonyl (C=O) groups is 1.